The number of aromatic nitrogens is 1. The van der Waals surface area contributed by atoms with Gasteiger partial charge in [0.25, 0.3) is 15.9 Å². The minimum atomic E-state index is -3.79. The zero-order valence-electron chi connectivity index (χ0n) is 11.1. The fourth-order valence-corrected chi connectivity index (χ4v) is 5.37. The Kier molecular flexibility index (Phi) is 4.10. The van der Waals surface area contributed by atoms with Crippen molar-refractivity contribution in [2.75, 3.05) is 0 Å². The maximum Gasteiger partial charge on any atom is 0.277 e. The van der Waals surface area contributed by atoms with Gasteiger partial charge >= 0.3 is 0 Å². The molecular weight excluding hydrogens is 328 g/mol. The second-order valence-electron chi connectivity index (χ2n) is 4.94. The van der Waals surface area contributed by atoms with Crippen LogP contribution in [0.3, 0.4) is 0 Å². The van der Waals surface area contributed by atoms with Crippen molar-refractivity contribution in [1.29, 1.82) is 0 Å². The second kappa shape index (κ2) is 5.86. The van der Waals surface area contributed by atoms with E-state index in [1.54, 1.807) is 10.9 Å². The lowest BCUT2D eigenvalue weighted by Crippen LogP contribution is -2.30. The molecule has 0 unspecified atom stereocenters. The molecule has 0 atom stereocenters. The lowest BCUT2D eigenvalue weighted by molar-refractivity contribution is 0.0984. The minimum absolute atomic E-state index is 0.118. The van der Waals surface area contributed by atoms with Crippen molar-refractivity contribution >= 4 is 38.6 Å². The fourth-order valence-electron chi connectivity index (χ4n) is 2.55. The van der Waals surface area contributed by atoms with Crippen LogP contribution in [-0.2, 0) is 10.0 Å². The van der Waals surface area contributed by atoms with E-state index < -0.39 is 15.9 Å². The predicted octanol–water partition coefficient (Wildman–Crippen LogP) is 2.98. The van der Waals surface area contributed by atoms with Crippen LogP contribution < -0.4 is 4.72 Å². The van der Waals surface area contributed by atoms with E-state index in [9.17, 15) is 13.2 Å². The van der Waals surface area contributed by atoms with E-state index in [1.165, 1.54) is 34.1 Å². The van der Waals surface area contributed by atoms with Crippen molar-refractivity contribution in [2.45, 2.75) is 36.5 Å². The molecule has 1 N–H and O–H groups in total. The highest BCUT2D eigenvalue weighted by atomic mass is 32.2. The predicted molar refractivity (Wildman–Crippen MR) is 82.3 cm³/mol. The summed E-state index contributed by atoms with van der Waals surface area (Å²) in [6.45, 7) is 0. The second-order valence-corrected chi connectivity index (χ2v) is 8.26. The number of nitrogens with one attached hydrogen (secondary N) is 1. The SMILES string of the molecule is O=C(NS(=O)(=O)c1ccsc1)c1scnc1C1CCCC1. The first-order valence-corrected chi connectivity index (χ1v) is 9.91. The highest BCUT2D eigenvalue weighted by Crippen LogP contribution is 2.36. The first kappa shape index (κ1) is 14.7. The third-order valence-corrected chi connectivity index (χ3v) is 6.58. The van der Waals surface area contributed by atoms with E-state index in [4.69, 9.17) is 0 Å². The highest BCUT2D eigenvalue weighted by molar-refractivity contribution is 7.90. The largest absolute Gasteiger partial charge is 0.277 e. The molecule has 0 radical (unpaired) electrons. The highest BCUT2D eigenvalue weighted by Gasteiger charge is 2.27. The molecule has 8 heteroatoms. The molecule has 1 aliphatic rings. The Morgan fingerprint density at radius 3 is 2.76 bits per heavy atom. The lowest BCUT2D eigenvalue weighted by Gasteiger charge is -2.09. The number of nitrogens with zero attached hydrogens (tertiary/aromatic N) is 1. The summed E-state index contributed by atoms with van der Waals surface area (Å²) >= 11 is 2.47. The molecule has 2 heterocycles. The summed E-state index contributed by atoms with van der Waals surface area (Å²) in [7, 11) is -3.79. The van der Waals surface area contributed by atoms with Crippen LogP contribution in [0.1, 0.15) is 47.0 Å². The summed E-state index contributed by atoms with van der Waals surface area (Å²) in [6.07, 6.45) is 4.30. The molecule has 21 heavy (non-hydrogen) atoms. The zero-order chi connectivity index (χ0) is 14.9. The van der Waals surface area contributed by atoms with Gasteiger partial charge in [-0.3, -0.25) is 4.79 Å². The van der Waals surface area contributed by atoms with Crippen molar-refractivity contribution in [3.8, 4) is 0 Å². The number of hydrogen-bond acceptors (Lipinski definition) is 6. The van der Waals surface area contributed by atoms with Gasteiger partial charge in [0.2, 0.25) is 0 Å². The quantitative estimate of drug-likeness (QED) is 0.927. The van der Waals surface area contributed by atoms with Crippen molar-refractivity contribution in [1.82, 2.24) is 9.71 Å². The van der Waals surface area contributed by atoms with Crippen LogP contribution in [0.25, 0.3) is 0 Å². The van der Waals surface area contributed by atoms with E-state index >= 15 is 0 Å². The van der Waals surface area contributed by atoms with Gasteiger partial charge in [-0.2, -0.15) is 11.3 Å². The molecule has 2 aromatic heterocycles. The van der Waals surface area contributed by atoms with Crippen molar-refractivity contribution in [3.05, 3.63) is 32.9 Å². The Bertz CT molecular complexity index is 729. The van der Waals surface area contributed by atoms with Crippen molar-refractivity contribution < 1.29 is 13.2 Å². The molecule has 0 saturated heterocycles. The third-order valence-electron chi connectivity index (χ3n) is 3.58. The molecule has 2 aromatic rings. The number of sulfonamides is 1. The summed E-state index contributed by atoms with van der Waals surface area (Å²) < 4.78 is 26.3. The Hall–Kier alpha value is -1.25. The molecule has 1 fully saturated rings. The number of rotatable bonds is 4. The molecule has 112 valence electrons. The molecule has 1 saturated carbocycles. The Morgan fingerprint density at radius 1 is 1.33 bits per heavy atom. The number of carbonyl (C=O) groups excluding carboxylic acids is 1. The van der Waals surface area contributed by atoms with E-state index in [0.717, 1.165) is 31.4 Å². The topological polar surface area (TPSA) is 76.1 Å². The molecular formula is C13H14N2O3S3. The Balaban J connectivity index is 1.82. The summed E-state index contributed by atoms with van der Waals surface area (Å²) in [4.78, 5) is 17.1. The first-order valence-electron chi connectivity index (χ1n) is 6.60. The molecule has 1 aliphatic carbocycles. The molecule has 1 amide bonds. The van der Waals surface area contributed by atoms with Crippen LogP contribution >= 0.6 is 22.7 Å². The van der Waals surface area contributed by atoms with Crippen molar-refractivity contribution in [2.24, 2.45) is 0 Å². The van der Waals surface area contributed by atoms with Crippen LogP contribution in [0.2, 0.25) is 0 Å². The van der Waals surface area contributed by atoms with Gasteiger partial charge in [-0.1, -0.05) is 12.8 Å². The zero-order valence-corrected chi connectivity index (χ0v) is 13.6. The van der Waals surface area contributed by atoms with E-state index in [1.807, 2.05) is 0 Å². The molecule has 0 bridgehead atoms. The first-order chi connectivity index (χ1) is 10.1. The maximum absolute atomic E-state index is 12.3. The monoisotopic (exact) mass is 342 g/mol. The summed E-state index contributed by atoms with van der Waals surface area (Å²) in [5.41, 5.74) is 2.36. The van der Waals surface area contributed by atoms with Gasteiger partial charge in [-0.15, -0.1) is 11.3 Å². The van der Waals surface area contributed by atoms with Gasteiger partial charge in [-0.05, 0) is 24.3 Å². The Labute approximate surface area is 131 Å². The molecule has 0 aliphatic heterocycles. The van der Waals surface area contributed by atoms with Gasteiger partial charge in [0.1, 0.15) is 4.88 Å². The molecule has 0 spiro atoms. The summed E-state index contributed by atoms with van der Waals surface area (Å²) in [6, 6.07) is 1.48. The maximum atomic E-state index is 12.3. The molecule has 5 nitrogen and oxygen atoms in total. The van der Waals surface area contributed by atoms with Gasteiger partial charge in [0, 0.05) is 11.3 Å². The smallest absolute Gasteiger partial charge is 0.267 e. The molecule has 0 aromatic carbocycles. The number of thiophene rings is 1. The summed E-state index contributed by atoms with van der Waals surface area (Å²) in [5, 5.41) is 3.16. The lowest BCUT2D eigenvalue weighted by atomic mass is 10.0. The van der Waals surface area contributed by atoms with Gasteiger partial charge in [-0.25, -0.2) is 18.1 Å². The van der Waals surface area contributed by atoms with Crippen LogP contribution in [0, 0.1) is 0 Å². The van der Waals surface area contributed by atoms with Crippen LogP contribution in [0.4, 0.5) is 0 Å². The van der Waals surface area contributed by atoms with Gasteiger partial charge in [0.15, 0.2) is 0 Å². The van der Waals surface area contributed by atoms with Gasteiger partial charge < -0.3 is 0 Å². The van der Waals surface area contributed by atoms with E-state index in [-0.39, 0.29) is 10.8 Å². The van der Waals surface area contributed by atoms with E-state index in [2.05, 4.69) is 9.71 Å². The number of amides is 1. The molecule has 3 rings (SSSR count). The average molecular weight is 342 g/mol. The standard InChI is InChI=1S/C13H14N2O3S3/c16-13(15-21(17,18)10-5-6-19-7-10)12-11(14-8-20-12)9-3-1-2-4-9/h5-9H,1-4H2,(H,15,16). The van der Waals surface area contributed by atoms with E-state index in [0.29, 0.717) is 4.88 Å². The minimum Gasteiger partial charge on any atom is -0.267 e. The number of hydrogen-bond donors (Lipinski definition) is 1. The van der Waals surface area contributed by atoms with Crippen LogP contribution in [0.15, 0.2) is 27.2 Å². The Morgan fingerprint density at radius 2 is 2.10 bits per heavy atom. The summed E-state index contributed by atoms with van der Waals surface area (Å²) in [5.74, 6) is -0.300. The van der Waals surface area contributed by atoms with Crippen LogP contribution in [0.5, 0.6) is 0 Å². The third kappa shape index (κ3) is 3.02. The van der Waals surface area contributed by atoms with Gasteiger partial charge in [0.05, 0.1) is 16.1 Å². The van der Waals surface area contributed by atoms with Crippen molar-refractivity contribution in [3.63, 3.8) is 0 Å². The normalized spacial score (nSPS) is 16.2. The van der Waals surface area contributed by atoms with Crippen LogP contribution in [-0.4, -0.2) is 19.3 Å². The fraction of sp³-hybridized carbons (Fsp3) is 0.385. The average Bonchev–Trinajstić information content (AvgIpc) is 3.19. The number of thiazole rings is 1. The number of carbonyl (C=O) groups is 1.